The molecule has 0 saturated heterocycles. The molecule has 0 aromatic heterocycles. The van der Waals surface area contributed by atoms with Gasteiger partial charge in [-0.05, 0) is 0 Å². The van der Waals surface area contributed by atoms with Crippen LogP contribution in [0.2, 0.25) is 0 Å². The third-order valence-corrected chi connectivity index (χ3v) is 1.29. The molecule has 0 aliphatic carbocycles. The van der Waals surface area contributed by atoms with Crippen LogP contribution in [0, 0.1) is 0 Å². The normalized spacial score (nSPS) is 7.36. The lowest BCUT2D eigenvalue weighted by Crippen LogP contribution is -2.12. The molecule has 0 spiro atoms. The molecule has 0 fully saturated rings. The van der Waals surface area contributed by atoms with Crippen LogP contribution in [0.3, 0.4) is 0 Å². The highest BCUT2D eigenvalue weighted by molar-refractivity contribution is 9.06. The van der Waals surface area contributed by atoms with Gasteiger partial charge in [-0.3, -0.25) is 0 Å². The van der Waals surface area contributed by atoms with Crippen molar-refractivity contribution in [3.63, 3.8) is 0 Å². The lowest BCUT2D eigenvalue weighted by atomic mass is 9.89. The summed E-state index contributed by atoms with van der Waals surface area (Å²) in [5.74, 6) is 0. The molecule has 62 valence electrons. The first-order valence-electron chi connectivity index (χ1n) is 2.71. The van der Waals surface area contributed by atoms with Gasteiger partial charge >= 0.3 is 7.48 Å². The summed E-state index contributed by atoms with van der Waals surface area (Å²) in [6.45, 7) is 0. The van der Waals surface area contributed by atoms with E-state index in [-0.39, 0.29) is 11.0 Å². The molecule has 4 N–H and O–H groups in total. The van der Waals surface area contributed by atoms with Gasteiger partial charge in [0.25, 0.3) is 0 Å². The first-order valence-corrected chi connectivity index (χ1v) is 3.35. The minimum Gasteiger partial charge on any atom is -0.412 e. The van der Waals surface area contributed by atoms with Crippen LogP contribution < -0.4 is 5.46 Å². The third-order valence-electron chi connectivity index (χ3n) is 1.06. The Morgan fingerprint density at radius 2 is 1.64 bits per heavy atom. The van der Waals surface area contributed by atoms with Crippen molar-refractivity contribution in [1.29, 1.82) is 0 Å². The molecule has 1 aromatic carbocycles. The zero-order chi connectivity index (χ0) is 6.53. The van der Waals surface area contributed by atoms with E-state index in [0.717, 1.165) is 0 Å². The minimum absolute atomic E-state index is 0. The molecule has 0 radical (unpaired) electrons. The summed E-state index contributed by atoms with van der Waals surface area (Å²) < 4.78 is 4.74. The summed E-state index contributed by atoms with van der Waals surface area (Å²) in [6, 6.07) is 9.99. The molecule has 5 heteroatoms. The van der Waals surface area contributed by atoms with Crippen LogP contribution in [0.4, 0.5) is 0 Å². The van der Waals surface area contributed by atoms with Crippen LogP contribution >= 0.6 is 16.3 Å². The van der Waals surface area contributed by atoms with Gasteiger partial charge in [-0.25, -0.2) is 0 Å². The Hall–Kier alpha value is -0.355. The van der Waals surface area contributed by atoms with Crippen molar-refractivity contribution in [2.24, 2.45) is 0 Å². The second-order valence-electron chi connectivity index (χ2n) is 1.74. The summed E-state index contributed by atoms with van der Waals surface area (Å²) in [6.07, 6.45) is 0. The Morgan fingerprint density at radius 3 is 2.09 bits per heavy atom. The predicted octanol–water partition coefficient (Wildman–Crippen LogP) is -0.659. The summed E-state index contributed by atoms with van der Waals surface area (Å²) >= 11 is 2.89. The summed E-state index contributed by atoms with van der Waals surface area (Å²) in [5, 5.41) is 0. The van der Waals surface area contributed by atoms with Crippen molar-refractivity contribution < 1.29 is 14.7 Å². The van der Waals surface area contributed by atoms with E-state index < -0.39 is 0 Å². The molecule has 0 aliphatic rings. The summed E-state index contributed by atoms with van der Waals surface area (Å²) in [5.41, 5.74) is 1.18. The first kappa shape index (κ1) is 13.3. The average molecular weight is 221 g/mol. The maximum atomic E-state index is 4.74. The largest absolute Gasteiger partial charge is 0.412 e. The van der Waals surface area contributed by atoms with Crippen molar-refractivity contribution in [1.82, 2.24) is 0 Å². The van der Waals surface area contributed by atoms with Crippen LogP contribution in [-0.4, -0.2) is 18.4 Å². The standard InChI is InChI=1S/C6H6BBrO.2H2O/c8-9-7-6-4-2-1-3-5-6;;/h1-5,7H;2*1H2. The summed E-state index contributed by atoms with van der Waals surface area (Å²) in [7, 11) is 0.626. The zero-order valence-electron chi connectivity index (χ0n) is 5.88. The first-order chi connectivity index (χ1) is 4.43. The number of benzene rings is 1. The molecule has 0 aliphatic heterocycles. The topological polar surface area (TPSA) is 72.2 Å². The Kier molecular flexibility index (Phi) is 9.33. The van der Waals surface area contributed by atoms with E-state index >= 15 is 0 Å². The second-order valence-corrected chi connectivity index (χ2v) is 2.20. The summed E-state index contributed by atoms with van der Waals surface area (Å²) in [4.78, 5) is 0. The van der Waals surface area contributed by atoms with Crippen molar-refractivity contribution >= 4 is 29.2 Å². The molecule has 11 heavy (non-hydrogen) atoms. The van der Waals surface area contributed by atoms with Crippen molar-refractivity contribution in [2.75, 3.05) is 0 Å². The fourth-order valence-corrected chi connectivity index (χ4v) is 0.902. The lowest BCUT2D eigenvalue weighted by Gasteiger charge is -1.91. The van der Waals surface area contributed by atoms with Gasteiger partial charge < -0.3 is 14.7 Å². The second kappa shape index (κ2) is 7.75. The van der Waals surface area contributed by atoms with Gasteiger partial charge in [-0.1, -0.05) is 35.8 Å². The Bertz CT molecular complexity index is 171. The van der Waals surface area contributed by atoms with Crippen LogP contribution in [0.25, 0.3) is 0 Å². The van der Waals surface area contributed by atoms with E-state index in [1.165, 1.54) is 5.46 Å². The van der Waals surface area contributed by atoms with Crippen molar-refractivity contribution in [3.8, 4) is 0 Å². The quantitative estimate of drug-likeness (QED) is 0.610. The van der Waals surface area contributed by atoms with Gasteiger partial charge in [0.05, 0.1) is 16.3 Å². The highest BCUT2D eigenvalue weighted by Gasteiger charge is 1.90. The van der Waals surface area contributed by atoms with E-state index in [2.05, 4.69) is 16.3 Å². The molecule has 0 bridgehead atoms. The molecule has 0 unspecified atom stereocenters. The average Bonchev–Trinajstić information content (AvgIpc) is 1.91. The van der Waals surface area contributed by atoms with E-state index in [1.54, 1.807) is 0 Å². The molecule has 0 heterocycles. The van der Waals surface area contributed by atoms with E-state index in [1.807, 2.05) is 30.3 Å². The molecule has 1 rings (SSSR count). The Balaban J connectivity index is 0. The number of hydrogen-bond acceptors (Lipinski definition) is 1. The maximum absolute atomic E-state index is 4.74. The molecular weight excluding hydrogens is 211 g/mol. The molecule has 0 saturated carbocycles. The monoisotopic (exact) mass is 220 g/mol. The molecule has 0 atom stereocenters. The van der Waals surface area contributed by atoms with Gasteiger partial charge in [0.2, 0.25) is 0 Å². The van der Waals surface area contributed by atoms with Crippen molar-refractivity contribution in [2.45, 2.75) is 0 Å². The lowest BCUT2D eigenvalue weighted by molar-refractivity contribution is 0.747. The van der Waals surface area contributed by atoms with E-state index in [4.69, 9.17) is 3.75 Å². The van der Waals surface area contributed by atoms with Crippen LogP contribution in [-0.2, 0) is 3.75 Å². The molecular formula is C6H10BBrO3. The zero-order valence-corrected chi connectivity index (χ0v) is 7.47. The fourth-order valence-electron chi connectivity index (χ4n) is 0.637. The SMILES string of the molecule is BrOBc1ccccc1.O.O. The smallest absolute Gasteiger partial charge is 0.326 e. The van der Waals surface area contributed by atoms with Gasteiger partial charge in [0.1, 0.15) is 0 Å². The Labute approximate surface area is 74.7 Å². The predicted molar refractivity (Wildman–Crippen MR) is 50.5 cm³/mol. The van der Waals surface area contributed by atoms with Gasteiger partial charge in [0, 0.05) is 0 Å². The number of halogens is 1. The molecule has 0 amide bonds. The van der Waals surface area contributed by atoms with E-state index in [0.29, 0.717) is 7.48 Å². The fraction of sp³-hybridized carbons (Fsp3) is 0. The molecule has 1 aromatic rings. The third kappa shape index (κ3) is 4.97. The highest BCUT2D eigenvalue weighted by Crippen LogP contribution is 1.84. The van der Waals surface area contributed by atoms with Gasteiger partial charge in [-0.15, -0.1) is 0 Å². The number of rotatable bonds is 2. The minimum atomic E-state index is 0. The number of hydrogen-bond donors (Lipinski definition) is 0. The maximum Gasteiger partial charge on any atom is 0.326 e. The van der Waals surface area contributed by atoms with E-state index in [9.17, 15) is 0 Å². The Morgan fingerprint density at radius 1 is 1.09 bits per heavy atom. The van der Waals surface area contributed by atoms with Crippen LogP contribution in [0.1, 0.15) is 0 Å². The van der Waals surface area contributed by atoms with Crippen LogP contribution in [0.5, 0.6) is 0 Å². The van der Waals surface area contributed by atoms with Crippen molar-refractivity contribution in [3.05, 3.63) is 30.3 Å². The van der Waals surface area contributed by atoms with Gasteiger partial charge in [0.15, 0.2) is 0 Å². The van der Waals surface area contributed by atoms with Crippen LogP contribution in [0.15, 0.2) is 30.3 Å². The highest BCUT2D eigenvalue weighted by atomic mass is 79.9. The van der Waals surface area contributed by atoms with Gasteiger partial charge in [-0.2, -0.15) is 0 Å². The molecule has 3 nitrogen and oxygen atoms in total.